The highest BCUT2D eigenvalue weighted by molar-refractivity contribution is 5.90. The number of anilines is 1. The van der Waals surface area contributed by atoms with Gasteiger partial charge >= 0.3 is 6.03 Å². The van der Waals surface area contributed by atoms with Crippen LogP contribution in [0.15, 0.2) is 24.3 Å². The van der Waals surface area contributed by atoms with Crippen LogP contribution < -0.4 is 10.6 Å². The Morgan fingerprint density at radius 2 is 1.85 bits per heavy atom. The Hall–Kier alpha value is -2.04. The third kappa shape index (κ3) is 3.73. The van der Waals surface area contributed by atoms with Crippen LogP contribution in [0.5, 0.6) is 0 Å². The maximum absolute atomic E-state index is 12.2. The van der Waals surface area contributed by atoms with Gasteiger partial charge in [-0.2, -0.15) is 0 Å². The van der Waals surface area contributed by atoms with E-state index in [-0.39, 0.29) is 18.0 Å². The zero-order valence-corrected chi connectivity index (χ0v) is 12.0. The van der Waals surface area contributed by atoms with Crippen molar-refractivity contribution in [2.75, 3.05) is 18.4 Å². The quantitative estimate of drug-likeness (QED) is 0.868. The first-order chi connectivity index (χ1) is 9.56. The first-order valence-corrected chi connectivity index (χ1v) is 6.95. The van der Waals surface area contributed by atoms with Crippen molar-refractivity contribution in [2.45, 2.75) is 32.7 Å². The Kier molecular flexibility index (Phi) is 4.61. The number of rotatable bonds is 2. The van der Waals surface area contributed by atoms with Crippen LogP contribution in [-0.2, 0) is 4.79 Å². The largest absolute Gasteiger partial charge is 0.353 e. The molecule has 1 aliphatic rings. The zero-order valence-electron chi connectivity index (χ0n) is 12.0. The topological polar surface area (TPSA) is 61.4 Å². The van der Waals surface area contributed by atoms with Crippen molar-refractivity contribution >= 4 is 17.6 Å². The number of aryl methyl sites for hydroxylation is 1. The van der Waals surface area contributed by atoms with Crippen molar-refractivity contribution in [3.05, 3.63) is 29.8 Å². The second-order valence-corrected chi connectivity index (χ2v) is 5.21. The van der Waals surface area contributed by atoms with E-state index in [0.717, 1.165) is 24.1 Å². The summed E-state index contributed by atoms with van der Waals surface area (Å²) < 4.78 is 0. The molecule has 0 saturated carbocycles. The van der Waals surface area contributed by atoms with Gasteiger partial charge < -0.3 is 15.5 Å². The van der Waals surface area contributed by atoms with E-state index >= 15 is 0 Å². The van der Waals surface area contributed by atoms with Crippen LogP contribution in [0, 0.1) is 6.92 Å². The number of hydrogen-bond acceptors (Lipinski definition) is 2. The second kappa shape index (κ2) is 6.41. The summed E-state index contributed by atoms with van der Waals surface area (Å²) >= 11 is 0. The number of nitrogens with one attached hydrogen (secondary N) is 2. The number of amides is 3. The summed E-state index contributed by atoms with van der Waals surface area (Å²) in [5, 5.41) is 5.84. The summed E-state index contributed by atoms with van der Waals surface area (Å²) in [5.41, 5.74) is 1.90. The highest BCUT2D eigenvalue weighted by atomic mass is 16.2. The van der Waals surface area contributed by atoms with E-state index in [4.69, 9.17) is 0 Å². The molecule has 0 spiro atoms. The predicted octanol–water partition coefficient (Wildman–Crippen LogP) is 2.13. The molecule has 108 valence electrons. The number of benzene rings is 1. The number of piperidine rings is 1. The van der Waals surface area contributed by atoms with Crippen molar-refractivity contribution in [3.63, 3.8) is 0 Å². The lowest BCUT2D eigenvalue weighted by atomic mass is 10.1. The smallest absolute Gasteiger partial charge is 0.321 e. The summed E-state index contributed by atoms with van der Waals surface area (Å²) in [6.45, 7) is 4.83. The molecule has 1 heterocycles. The lowest BCUT2D eigenvalue weighted by molar-refractivity contribution is -0.119. The molecule has 1 fully saturated rings. The molecule has 2 N–H and O–H groups in total. The zero-order chi connectivity index (χ0) is 14.5. The standard InChI is InChI=1S/C15H21N3O2/c1-11-5-3-4-6-14(11)17-15(20)18-9-7-13(8-10-18)16-12(2)19/h3-6,13H,7-10H2,1-2H3,(H,16,19)(H,17,20). The van der Waals surface area contributed by atoms with Crippen molar-refractivity contribution in [3.8, 4) is 0 Å². The van der Waals surface area contributed by atoms with Gasteiger partial charge in [0.1, 0.15) is 0 Å². The lowest BCUT2D eigenvalue weighted by Crippen LogP contribution is -2.47. The van der Waals surface area contributed by atoms with Gasteiger partial charge in [-0.05, 0) is 31.4 Å². The number of nitrogens with zero attached hydrogens (tertiary/aromatic N) is 1. The van der Waals surface area contributed by atoms with E-state index in [9.17, 15) is 9.59 Å². The van der Waals surface area contributed by atoms with Crippen LogP contribution in [0.4, 0.5) is 10.5 Å². The van der Waals surface area contributed by atoms with E-state index < -0.39 is 0 Å². The molecule has 0 bridgehead atoms. The monoisotopic (exact) mass is 275 g/mol. The molecular formula is C15H21N3O2. The summed E-state index contributed by atoms with van der Waals surface area (Å²) in [7, 11) is 0. The molecule has 0 aliphatic carbocycles. The van der Waals surface area contributed by atoms with Gasteiger partial charge in [0.05, 0.1) is 0 Å². The van der Waals surface area contributed by atoms with Gasteiger partial charge in [-0.15, -0.1) is 0 Å². The molecule has 0 aromatic heterocycles. The van der Waals surface area contributed by atoms with Crippen molar-refractivity contribution < 1.29 is 9.59 Å². The van der Waals surface area contributed by atoms with E-state index in [0.29, 0.717) is 13.1 Å². The van der Waals surface area contributed by atoms with Crippen LogP contribution in [0.1, 0.15) is 25.3 Å². The van der Waals surface area contributed by atoms with Gasteiger partial charge in [-0.1, -0.05) is 18.2 Å². The molecule has 5 nitrogen and oxygen atoms in total. The van der Waals surface area contributed by atoms with E-state index in [1.807, 2.05) is 31.2 Å². The molecule has 20 heavy (non-hydrogen) atoms. The molecule has 0 radical (unpaired) electrons. The Morgan fingerprint density at radius 3 is 2.45 bits per heavy atom. The van der Waals surface area contributed by atoms with Crippen LogP contribution in [0.2, 0.25) is 0 Å². The van der Waals surface area contributed by atoms with Crippen LogP contribution in [-0.4, -0.2) is 36.0 Å². The summed E-state index contributed by atoms with van der Waals surface area (Å²) in [4.78, 5) is 25.0. The summed E-state index contributed by atoms with van der Waals surface area (Å²) in [6, 6.07) is 7.85. The SMILES string of the molecule is CC(=O)NC1CCN(C(=O)Nc2ccccc2C)CC1. The molecule has 0 atom stereocenters. The minimum atomic E-state index is -0.0689. The molecule has 0 unspecified atom stereocenters. The van der Waals surface area contributed by atoms with Gasteiger partial charge in [0.15, 0.2) is 0 Å². The van der Waals surface area contributed by atoms with Gasteiger partial charge in [-0.25, -0.2) is 4.79 Å². The van der Waals surface area contributed by atoms with Crippen LogP contribution in [0.3, 0.4) is 0 Å². The average Bonchev–Trinajstić information content (AvgIpc) is 2.41. The fraction of sp³-hybridized carbons (Fsp3) is 0.467. The van der Waals surface area contributed by atoms with E-state index in [2.05, 4.69) is 10.6 Å². The highest BCUT2D eigenvalue weighted by Crippen LogP contribution is 2.16. The molecule has 1 aliphatic heterocycles. The number of para-hydroxylation sites is 1. The Balaban J connectivity index is 1.86. The maximum Gasteiger partial charge on any atom is 0.321 e. The van der Waals surface area contributed by atoms with E-state index in [1.165, 1.54) is 6.92 Å². The molecule has 1 aromatic rings. The first-order valence-electron chi connectivity index (χ1n) is 6.95. The van der Waals surface area contributed by atoms with Gasteiger partial charge in [0, 0.05) is 31.7 Å². The van der Waals surface area contributed by atoms with E-state index in [1.54, 1.807) is 4.90 Å². The molecule has 5 heteroatoms. The number of likely N-dealkylation sites (tertiary alicyclic amines) is 1. The Bertz CT molecular complexity index is 494. The van der Waals surface area contributed by atoms with Crippen molar-refractivity contribution in [1.29, 1.82) is 0 Å². The number of hydrogen-bond donors (Lipinski definition) is 2. The van der Waals surface area contributed by atoms with Crippen molar-refractivity contribution in [1.82, 2.24) is 10.2 Å². The second-order valence-electron chi connectivity index (χ2n) is 5.21. The third-order valence-corrected chi connectivity index (χ3v) is 3.58. The normalized spacial score (nSPS) is 15.8. The van der Waals surface area contributed by atoms with Crippen LogP contribution in [0.25, 0.3) is 0 Å². The Labute approximate surface area is 119 Å². The third-order valence-electron chi connectivity index (χ3n) is 3.58. The Morgan fingerprint density at radius 1 is 1.20 bits per heavy atom. The summed E-state index contributed by atoms with van der Waals surface area (Å²) in [5.74, 6) is -0.00666. The molecular weight excluding hydrogens is 254 g/mol. The molecule has 3 amide bonds. The number of carbonyl (C=O) groups excluding carboxylic acids is 2. The lowest BCUT2D eigenvalue weighted by Gasteiger charge is -2.32. The van der Waals surface area contributed by atoms with Crippen LogP contribution >= 0.6 is 0 Å². The first kappa shape index (κ1) is 14.4. The minimum Gasteiger partial charge on any atom is -0.353 e. The number of carbonyl (C=O) groups is 2. The molecule has 2 rings (SSSR count). The highest BCUT2D eigenvalue weighted by Gasteiger charge is 2.23. The van der Waals surface area contributed by atoms with Gasteiger partial charge in [-0.3, -0.25) is 4.79 Å². The van der Waals surface area contributed by atoms with Crippen molar-refractivity contribution in [2.24, 2.45) is 0 Å². The number of urea groups is 1. The average molecular weight is 275 g/mol. The summed E-state index contributed by atoms with van der Waals surface area (Å²) in [6.07, 6.45) is 1.61. The minimum absolute atomic E-state index is 0.00666. The maximum atomic E-state index is 12.2. The fourth-order valence-electron chi connectivity index (χ4n) is 2.42. The molecule has 1 saturated heterocycles. The van der Waals surface area contributed by atoms with Gasteiger partial charge in [0.25, 0.3) is 0 Å². The fourth-order valence-corrected chi connectivity index (χ4v) is 2.42. The predicted molar refractivity (Wildman–Crippen MR) is 78.6 cm³/mol. The molecule has 1 aromatic carbocycles. The van der Waals surface area contributed by atoms with Gasteiger partial charge in [0.2, 0.25) is 5.91 Å².